The maximum absolute atomic E-state index is 13.5. The second kappa shape index (κ2) is 8.91. The van der Waals surface area contributed by atoms with Crippen LogP contribution in [0.4, 0.5) is 15.8 Å². The van der Waals surface area contributed by atoms with Crippen LogP contribution >= 0.6 is 23.2 Å². The molecule has 0 aliphatic heterocycles. The maximum Gasteiger partial charge on any atom is 0.262 e. The van der Waals surface area contributed by atoms with Gasteiger partial charge in [-0.25, -0.2) is 21.2 Å². The van der Waals surface area contributed by atoms with Gasteiger partial charge in [0, 0.05) is 21.8 Å². The van der Waals surface area contributed by atoms with Gasteiger partial charge in [-0.15, -0.1) is 0 Å². The largest absolute Gasteiger partial charge is 0.494 e. The predicted octanol–water partition coefficient (Wildman–Crippen LogP) is 4.74. The van der Waals surface area contributed by atoms with Gasteiger partial charge < -0.3 is 4.74 Å². The summed E-state index contributed by atoms with van der Waals surface area (Å²) < 4.78 is 73.1. The Kier molecular flexibility index (Phi) is 6.65. The van der Waals surface area contributed by atoms with Crippen molar-refractivity contribution >= 4 is 54.6 Å². The van der Waals surface area contributed by atoms with Gasteiger partial charge in [-0.3, -0.25) is 9.44 Å². The van der Waals surface area contributed by atoms with Gasteiger partial charge in [0.2, 0.25) is 0 Å². The normalized spacial score (nSPS) is 11.7. The lowest BCUT2D eigenvalue weighted by Gasteiger charge is -2.11. The second-order valence-electron chi connectivity index (χ2n) is 6.19. The van der Waals surface area contributed by atoms with E-state index in [0.29, 0.717) is 0 Å². The van der Waals surface area contributed by atoms with E-state index >= 15 is 0 Å². The molecule has 0 saturated carbocycles. The zero-order valence-electron chi connectivity index (χ0n) is 15.8. The van der Waals surface area contributed by atoms with Gasteiger partial charge in [-0.1, -0.05) is 23.2 Å². The predicted molar refractivity (Wildman–Crippen MR) is 117 cm³/mol. The molecule has 0 aromatic heterocycles. The number of methoxy groups -OCH3 is 1. The first-order valence-electron chi connectivity index (χ1n) is 8.45. The van der Waals surface area contributed by atoms with Crippen molar-refractivity contribution in [2.75, 3.05) is 16.6 Å². The van der Waals surface area contributed by atoms with Crippen LogP contribution in [0.3, 0.4) is 0 Å². The zero-order valence-corrected chi connectivity index (χ0v) is 18.9. The zero-order chi connectivity index (χ0) is 22.8. The molecule has 2 N–H and O–H groups in total. The summed E-state index contributed by atoms with van der Waals surface area (Å²) in [5.41, 5.74) is 0.278. The average molecular weight is 505 g/mol. The molecule has 0 fully saturated rings. The van der Waals surface area contributed by atoms with Gasteiger partial charge in [0.05, 0.1) is 22.6 Å². The van der Waals surface area contributed by atoms with Gasteiger partial charge in [0.15, 0.2) is 11.6 Å². The first-order valence-corrected chi connectivity index (χ1v) is 12.2. The summed E-state index contributed by atoms with van der Waals surface area (Å²) in [4.78, 5) is -0.336. The van der Waals surface area contributed by atoms with Gasteiger partial charge in [0.1, 0.15) is 0 Å². The van der Waals surface area contributed by atoms with E-state index in [1.54, 1.807) is 0 Å². The Balaban J connectivity index is 1.80. The summed E-state index contributed by atoms with van der Waals surface area (Å²) in [6.07, 6.45) is 0. The molecule has 0 spiro atoms. The lowest BCUT2D eigenvalue weighted by Crippen LogP contribution is -2.15. The number of hydrogen-bond donors (Lipinski definition) is 2. The Morgan fingerprint density at radius 3 is 1.84 bits per heavy atom. The molecule has 0 unspecified atom stereocenters. The highest BCUT2D eigenvalue weighted by Crippen LogP contribution is 2.26. The number of anilines is 2. The number of rotatable bonds is 7. The molecule has 12 heteroatoms. The molecule has 3 aromatic carbocycles. The Morgan fingerprint density at radius 2 is 1.26 bits per heavy atom. The third-order valence-corrected chi connectivity index (χ3v) is 7.18. The van der Waals surface area contributed by atoms with Crippen molar-refractivity contribution in [3.8, 4) is 5.75 Å². The number of nitrogens with one attached hydrogen (secondary N) is 2. The van der Waals surface area contributed by atoms with Gasteiger partial charge in [-0.05, 0) is 54.6 Å². The Labute approximate surface area is 188 Å². The Hall–Kier alpha value is -2.53. The number of benzene rings is 3. The van der Waals surface area contributed by atoms with E-state index in [1.165, 1.54) is 49.6 Å². The smallest absolute Gasteiger partial charge is 0.262 e. The van der Waals surface area contributed by atoms with Crippen LogP contribution in [0.15, 0.2) is 70.5 Å². The van der Waals surface area contributed by atoms with E-state index in [2.05, 4.69) is 9.44 Å². The fourth-order valence-corrected chi connectivity index (χ4v) is 5.19. The number of sulfonamides is 2. The summed E-state index contributed by atoms with van der Waals surface area (Å²) >= 11 is 11.7. The van der Waals surface area contributed by atoms with Crippen molar-refractivity contribution in [3.63, 3.8) is 0 Å². The standard InChI is InChI=1S/C19H15Cl2FN2O5S2/c1-29-19-11-17(6-7-18(19)22)31(27,28)23-14-2-4-16(5-3-14)30(25,26)24-15-9-12(20)8-13(21)10-15/h2-11,23-24H,1H3. The fourth-order valence-electron chi connectivity index (χ4n) is 2.55. The first kappa shape index (κ1) is 23.1. The molecule has 0 aliphatic rings. The van der Waals surface area contributed by atoms with E-state index in [1.807, 2.05) is 0 Å². The Morgan fingerprint density at radius 1 is 0.742 bits per heavy atom. The van der Waals surface area contributed by atoms with Crippen molar-refractivity contribution in [2.45, 2.75) is 9.79 Å². The minimum Gasteiger partial charge on any atom is -0.494 e. The molecule has 0 heterocycles. The van der Waals surface area contributed by atoms with E-state index in [0.717, 1.165) is 18.2 Å². The molecular formula is C19H15Cl2FN2O5S2. The van der Waals surface area contributed by atoms with Crippen LogP contribution in [-0.4, -0.2) is 23.9 Å². The van der Waals surface area contributed by atoms with Gasteiger partial charge in [-0.2, -0.15) is 0 Å². The molecule has 0 aliphatic carbocycles. The van der Waals surface area contributed by atoms with Crippen molar-refractivity contribution < 1.29 is 26.0 Å². The highest BCUT2D eigenvalue weighted by molar-refractivity contribution is 7.93. The van der Waals surface area contributed by atoms with Gasteiger partial charge >= 0.3 is 0 Å². The fraction of sp³-hybridized carbons (Fsp3) is 0.0526. The quantitative estimate of drug-likeness (QED) is 0.483. The maximum atomic E-state index is 13.5. The van der Waals surface area contributed by atoms with Crippen LogP contribution in [-0.2, 0) is 20.0 Å². The van der Waals surface area contributed by atoms with Crippen LogP contribution in [0.5, 0.6) is 5.75 Å². The summed E-state index contributed by atoms with van der Waals surface area (Å²) in [6.45, 7) is 0. The van der Waals surface area contributed by atoms with E-state index < -0.39 is 25.9 Å². The minimum absolute atomic E-state index is 0.105. The summed E-state index contributed by atoms with van der Waals surface area (Å²) in [6, 6.07) is 12.3. The molecule has 3 aromatic rings. The molecule has 0 atom stereocenters. The number of hydrogen-bond acceptors (Lipinski definition) is 5. The first-order chi connectivity index (χ1) is 14.5. The van der Waals surface area contributed by atoms with Crippen LogP contribution in [0, 0.1) is 5.82 Å². The topological polar surface area (TPSA) is 102 Å². The number of halogens is 3. The molecule has 7 nitrogen and oxygen atoms in total. The van der Waals surface area contributed by atoms with Gasteiger partial charge in [0.25, 0.3) is 20.0 Å². The Bertz CT molecular complexity index is 1310. The molecular weight excluding hydrogens is 490 g/mol. The molecule has 3 rings (SSSR count). The minimum atomic E-state index is -4.06. The molecule has 31 heavy (non-hydrogen) atoms. The van der Waals surface area contributed by atoms with Crippen LogP contribution in [0.25, 0.3) is 0 Å². The molecule has 0 bridgehead atoms. The summed E-state index contributed by atoms with van der Waals surface area (Å²) in [7, 11) is -6.82. The average Bonchev–Trinajstić information content (AvgIpc) is 2.67. The van der Waals surface area contributed by atoms with E-state index in [4.69, 9.17) is 27.9 Å². The van der Waals surface area contributed by atoms with Crippen molar-refractivity contribution in [1.82, 2.24) is 0 Å². The third kappa shape index (κ3) is 5.59. The molecule has 0 radical (unpaired) electrons. The second-order valence-corrected chi connectivity index (χ2v) is 10.4. The van der Waals surface area contributed by atoms with Crippen molar-refractivity contribution in [1.29, 1.82) is 0 Å². The highest BCUT2D eigenvalue weighted by Gasteiger charge is 2.19. The van der Waals surface area contributed by atoms with E-state index in [9.17, 15) is 21.2 Å². The highest BCUT2D eigenvalue weighted by atomic mass is 35.5. The van der Waals surface area contributed by atoms with Crippen LogP contribution < -0.4 is 14.2 Å². The van der Waals surface area contributed by atoms with Crippen molar-refractivity contribution in [2.24, 2.45) is 0 Å². The van der Waals surface area contributed by atoms with E-state index in [-0.39, 0.29) is 37.0 Å². The molecule has 0 saturated heterocycles. The lowest BCUT2D eigenvalue weighted by atomic mass is 10.3. The summed E-state index contributed by atoms with van der Waals surface area (Å²) in [5.74, 6) is -0.930. The molecule has 164 valence electrons. The van der Waals surface area contributed by atoms with Crippen LogP contribution in [0.1, 0.15) is 0 Å². The van der Waals surface area contributed by atoms with Crippen LogP contribution in [0.2, 0.25) is 10.0 Å². The summed E-state index contributed by atoms with van der Waals surface area (Å²) in [5, 5.41) is 0.514. The van der Waals surface area contributed by atoms with Crippen molar-refractivity contribution in [3.05, 3.63) is 76.5 Å². The monoisotopic (exact) mass is 504 g/mol. The molecule has 0 amide bonds. The SMILES string of the molecule is COc1cc(S(=O)(=O)Nc2ccc(S(=O)(=O)Nc3cc(Cl)cc(Cl)c3)cc2)ccc1F. The third-order valence-electron chi connectivity index (χ3n) is 3.96. The lowest BCUT2D eigenvalue weighted by molar-refractivity contribution is 0.385. The number of ether oxygens (including phenoxy) is 1.